The lowest BCUT2D eigenvalue weighted by Gasteiger charge is -2.37. The first-order valence-corrected chi connectivity index (χ1v) is 6.40. The van der Waals surface area contributed by atoms with Crippen molar-refractivity contribution >= 4 is 15.9 Å². The molecule has 0 radical (unpaired) electrons. The maximum absolute atomic E-state index is 13.8. The van der Waals surface area contributed by atoms with Gasteiger partial charge >= 0.3 is 0 Å². The van der Waals surface area contributed by atoms with E-state index in [0.29, 0.717) is 0 Å². The fraction of sp³-hybridized carbons (Fsp3) is 0.538. The molecule has 1 aromatic carbocycles. The van der Waals surface area contributed by atoms with Gasteiger partial charge in [0.15, 0.2) is 0 Å². The van der Waals surface area contributed by atoms with Crippen molar-refractivity contribution in [3.63, 3.8) is 0 Å². The van der Waals surface area contributed by atoms with E-state index < -0.39 is 0 Å². The van der Waals surface area contributed by atoms with Crippen LogP contribution in [0.1, 0.15) is 37.9 Å². The van der Waals surface area contributed by atoms with Crippen molar-refractivity contribution in [1.82, 2.24) is 5.32 Å². The maximum atomic E-state index is 13.8. The van der Waals surface area contributed by atoms with Crippen molar-refractivity contribution in [2.45, 2.75) is 33.2 Å². The molecule has 0 fully saturated rings. The Kier molecular flexibility index (Phi) is 3.10. The Labute approximate surface area is 105 Å². The second-order valence-corrected chi connectivity index (χ2v) is 6.28. The predicted octanol–water partition coefficient (Wildman–Crippen LogP) is 3.82. The van der Waals surface area contributed by atoms with E-state index in [1.54, 1.807) is 12.1 Å². The van der Waals surface area contributed by atoms with Crippen LogP contribution in [0.25, 0.3) is 0 Å². The lowest BCUT2D eigenvalue weighted by atomic mass is 9.78. The van der Waals surface area contributed by atoms with Crippen LogP contribution in [0.5, 0.6) is 0 Å². The van der Waals surface area contributed by atoms with Crippen LogP contribution in [0.2, 0.25) is 0 Å². The summed E-state index contributed by atoms with van der Waals surface area (Å²) in [5.74, 6) is -0.0750. The smallest absolute Gasteiger partial charge is 0.126 e. The summed E-state index contributed by atoms with van der Waals surface area (Å²) in [6.45, 7) is 7.38. The lowest BCUT2D eigenvalue weighted by Crippen LogP contribution is -2.38. The minimum atomic E-state index is -0.0750. The molecule has 3 heteroatoms. The zero-order valence-corrected chi connectivity index (χ0v) is 11.5. The van der Waals surface area contributed by atoms with E-state index in [1.807, 2.05) is 0 Å². The quantitative estimate of drug-likeness (QED) is 0.764. The number of hydrogen-bond donors (Lipinski definition) is 1. The number of fused-ring (bicyclic) bond motifs is 1. The number of rotatable bonds is 0. The van der Waals surface area contributed by atoms with Crippen LogP contribution in [-0.4, -0.2) is 6.54 Å². The molecule has 1 heterocycles. The molecule has 0 saturated carbocycles. The van der Waals surface area contributed by atoms with E-state index in [9.17, 15) is 4.39 Å². The largest absolute Gasteiger partial charge is 0.309 e. The average Bonchev–Trinajstić information content (AvgIpc) is 2.22. The molecule has 1 aliphatic heterocycles. The minimum Gasteiger partial charge on any atom is -0.309 e. The molecule has 1 aromatic rings. The van der Waals surface area contributed by atoms with Crippen LogP contribution in [0.15, 0.2) is 16.6 Å². The van der Waals surface area contributed by atoms with Gasteiger partial charge in [-0.15, -0.1) is 0 Å². The van der Waals surface area contributed by atoms with Crippen molar-refractivity contribution in [2.24, 2.45) is 5.41 Å². The molecule has 1 aliphatic rings. The first-order chi connectivity index (χ1) is 7.41. The number of halogens is 2. The maximum Gasteiger partial charge on any atom is 0.126 e. The van der Waals surface area contributed by atoms with Gasteiger partial charge in [0.05, 0.1) is 0 Å². The molecule has 1 atom stereocenters. The summed E-state index contributed by atoms with van der Waals surface area (Å²) in [4.78, 5) is 0. The van der Waals surface area contributed by atoms with Gasteiger partial charge in [-0.25, -0.2) is 4.39 Å². The second-order valence-electron chi connectivity index (χ2n) is 5.42. The number of benzene rings is 1. The molecule has 0 saturated heterocycles. The SMILES string of the molecule is CC(C)(C)C1NCCc2c(F)ccc(Br)c21. The van der Waals surface area contributed by atoms with Crippen LogP contribution in [-0.2, 0) is 6.42 Å². The summed E-state index contributed by atoms with van der Waals surface area (Å²) in [7, 11) is 0. The van der Waals surface area contributed by atoms with Gasteiger partial charge in [-0.2, -0.15) is 0 Å². The molecule has 2 rings (SSSR count). The minimum absolute atomic E-state index is 0.0750. The van der Waals surface area contributed by atoms with Gasteiger partial charge in [0, 0.05) is 10.5 Å². The molecule has 1 N–H and O–H groups in total. The van der Waals surface area contributed by atoms with Gasteiger partial charge in [0.25, 0.3) is 0 Å². The monoisotopic (exact) mass is 285 g/mol. The third-order valence-corrected chi connectivity index (χ3v) is 3.82. The van der Waals surface area contributed by atoms with Crippen molar-refractivity contribution in [3.05, 3.63) is 33.5 Å². The van der Waals surface area contributed by atoms with Crippen molar-refractivity contribution in [1.29, 1.82) is 0 Å². The molecule has 1 nitrogen and oxygen atoms in total. The Morgan fingerprint density at radius 2 is 2.06 bits per heavy atom. The second kappa shape index (κ2) is 4.11. The summed E-state index contributed by atoms with van der Waals surface area (Å²) in [6, 6.07) is 3.56. The Bertz CT molecular complexity index is 409. The molecule has 1 unspecified atom stereocenters. The van der Waals surface area contributed by atoms with Crippen LogP contribution in [0.3, 0.4) is 0 Å². The Morgan fingerprint density at radius 1 is 1.38 bits per heavy atom. The molecule has 0 spiro atoms. The molecule has 88 valence electrons. The Hall–Kier alpha value is -0.410. The van der Waals surface area contributed by atoms with Crippen molar-refractivity contribution < 1.29 is 4.39 Å². The highest BCUT2D eigenvalue weighted by molar-refractivity contribution is 9.10. The standard InChI is InChI=1S/C13H17BrFN/c1-13(2,3)12-11-8(6-7-16-12)10(15)5-4-9(11)14/h4-5,12,16H,6-7H2,1-3H3. The van der Waals surface area contributed by atoms with Gasteiger partial charge in [0.2, 0.25) is 0 Å². The van der Waals surface area contributed by atoms with E-state index in [2.05, 4.69) is 42.0 Å². The topological polar surface area (TPSA) is 12.0 Å². The summed E-state index contributed by atoms with van der Waals surface area (Å²) in [6.07, 6.45) is 0.771. The zero-order valence-electron chi connectivity index (χ0n) is 9.90. The summed E-state index contributed by atoms with van der Waals surface area (Å²) >= 11 is 3.54. The lowest BCUT2D eigenvalue weighted by molar-refractivity contribution is 0.261. The molecule has 0 bridgehead atoms. The van der Waals surface area contributed by atoms with Crippen LogP contribution in [0.4, 0.5) is 4.39 Å². The molecule has 0 amide bonds. The first-order valence-electron chi connectivity index (χ1n) is 5.61. The molecule has 0 aliphatic carbocycles. The fourth-order valence-corrected chi connectivity index (χ4v) is 2.96. The highest BCUT2D eigenvalue weighted by Crippen LogP contribution is 2.41. The van der Waals surface area contributed by atoms with Crippen molar-refractivity contribution in [3.8, 4) is 0 Å². The van der Waals surface area contributed by atoms with E-state index in [1.165, 1.54) is 0 Å². The van der Waals surface area contributed by atoms with E-state index >= 15 is 0 Å². The normalized spacial score (nSPS) is 20.7. The highest BCUT2D eigenvalue weighted by atomic mass is 79.9. The zero-order chi connectivity index (χ0) is 11.9. The van der Waals surface area contributed by atoms with Crippen LogP contribution in [0, 0.1) is 11.2 Å². The van der Waals surface area contributed by atoms with Gasteiger partial charge < -0.3 is 5.32 Å². The third-order valence-electron chi connectivity index (χ3n) is 3.12. The van der Waals surface area contributed by atoms with E-state index in [4.69, 9.17) is 0 Å². The Balaban J connectivity index is 2.58. The van der Waals surface area contributed by atoms with E-state index in [0.717, 1.165) is 28.6 Å². The summed E-state index contributed by atoms with van der Waals surface area (Å²) < 4.78 is 14.8. The molecular formula is C13H17BrFN. The number of hydrogen-bond acceptors (Lipinski definition) is 1. The predicted molar refractivity (Wildman–Crippen MR) is 68.0 cm³/mol. The molecule has 16 heavy (non-hydrogen) atoms. The fourth-order valence-electron chi connectivity index (χ4n) is 2.36. The van der Waals surface area contributed by atoms with Gasteiger partial charge in [-0.1, -0.05) is 36.7 Å². The van der Waals surface area contributed by atoms with E-state index in [-0.39, 0.29) is 17.3 Å². The van der Waals surface area contributed by atoms with Gasteiger partial charge in [-0.3, -0.25) is 0 Å². The number of nitrogens with one attached hydrogen (secondary N) is 1. The highest BCUT2D eigenvalue weighted by Gasteiger charge is 2.32. The van der Waals surface area contributed by atoms with Crippen LogP contribution < -0.4 is 5.32 Å². The third kappa shape index (κ3) is 2.03. The van der Waals surface area contributed by atoms with Gasteiger partial charge in [-0.05, 0) is 41.6 Å². The summed E-state index contributed by atoms with van der Waals surface area (Å²) in [5, 5.41) is 3.49. The molecular weight excluding hydrogens is 269 g/mol. The van der Waals surface area contributed by atoms with Crippen molar-refractivity contribution in [2.75, 3.05) is 6.54 Å². The van der Waals surface area contributed by atoms with Crippen LogP contribution >= 0.6 is 15.9 Å². The Morgan fingerprint density at radius 3 is 2.69 bits per heavy atom. The molecule has 0 aromatic heterocycles. The average molecular weight is 286 g/mol. The first kappa shape index (κ1) is 12.1. The van der Waals surface area contributed by atoms with Gasteiger partial charge in [0.1, 0.15) is 5.82 Å². The summed E-state index contributed by atoms with van der Waals surface area (Å²) in [5.41, 5.74) is 2.05.